The highest BCUT2D eigenvalue weighted by molar-refractivity contribution is 5.88. The molecule has 0 radical (unpaired) electrons. The maximum atomic E-state index is 13.2. The van der Waals surface area contributed by atoms with Crippen molar-refractivity contribution in [2.45, 2.75) is 79.4 Å². The van der Waals surface area contributed by atoms with E-state index in [-0.39, 0.29) is 29.8 Å². The Morgan fingerprint density at radius 3 is 1.50 bits per heavy atom. The first-order valence-electron chi connectivity index (χ1n) is 9.38. The standard InChI is InChI=1S/C21H34O3/c1-13(2)17-9-7-15(5)20(23-11-17)19(22)21-16(6)8-10-18(12-24-21)14(3)4/h15-16,20-21H,7-12H2,1-6H3. The van der Waals surface area contributed by atoms with Gasteiger partial charge in [0.15, 0.2) is 5.78 Å². The lowest BCUT2D eigenvalue weighted by molar-refractivity contribution is -0.146. The molecule has 4 unspecified atom stereocenters. The molecule has 0 aliphatic carbocycles. The van der Waals surface area contributed by atoms with Crippen LogP contribution in [0.4, 0.5) is 0 Å². The van der Waals surface area contributed by atoms with Gasteiger partial charge in [0.1, 0.15) is 12.2 Å². The van der Waals surface area contributed by atoms with Crippen molar-refractivity contribution in [3.8, 4) is 0 Å². The van der Waals surface area contributed by atoms with E-state index in [0.717, 1.165) is 25.7 Å². The lowest BCUT2D eigenvalue weighted by atomic mass is 9.87. The Morgan fingerprint density at radius 2 is 1.17 bits per heavy atom. The fourth-order valence-corrected chi connectivity index (χ4v) is 3.64. The highest BCUT2D eigenvalue weighted by Crippen LogP contribution is 2.31. The van der Waals surface area contributed by atoms with Crippen LogP contribution in [0.15, 0.2) is 22.3 Å². The van der Waals surface area contributed by atoms with Crippen LogP contribution in [-0.2, 0) is 14.3 Å². The largest absolute Gasteiger partial charge is 0.366 e. The van der Waals surface area contributed by atoms with E-state index in [9.17, 15) is 4.79 Å². The molecule has 0 aromatic heterocycles. The molecule has 0 spiro atoms. The molecule has 4 atom stereocenters. The Balaban J connectivity index is 2.12. The number of rotatable bonds is 2. The summed E-state index contributed by atoms with van der Waals surface area (Å²) in [5.74, 6) is 0.646. The average Bonchev–Trinajstić information content (AvgIpc) is 2.83. The van der Waals surface area contributed by atoms with Crippen molar-refractivity contribution in [3.63, 3.8) is 0 Å². The van der Waals surface area contributed by atoms with E-state index in [4.69, 9.17) is 9.47 Å². The fraction of sp³-hybridized carbons (Fsp3) is 0.762. The SMILES string of the molecule is CC(C)=C1CCC(C)C(C(=O)C2OCC(=C(C)C)CCC2C)OC1. The lowest BCUT2D eigenvalue weighted by Gasteiger charge is -2.27. The summed E-state index contributed by atoms with van der Waals surface area (Å²) in [5, 5.41) is 0. The Kier molecular flexibility index (Phi) is 6.82. The van der Waals surface area contributed by atoms with Crippen LogP contribution in [0, 0.1) is 11.8 Å². The first kappa shape index (κ1) is 19.4. The van der Waals surface area contributed by atoms with Crippen LogP contribution < -0.4 is 0 Å². The number of ether oxygens (including phenoxy) is 2. The van der Waals surface area contributed by atoms with Crippen LogP contribution in [-0.4, -0.2) is 31.2 Å². The number of Topliss-reactive ketones (excluding diaryl/α,β-unsaturated/α-hetero) is 1. The van der Waals surface area contributed by atoms with Crippen molar-refractivity contribution in [1.82, 2.24) is 0 Å². The molecular weight excluding hydrogens is 300 g/mol. The number of hydrogen-bond donors (Lipinski definition) is 0. The summed E-state index contributed by atoms with van der Waals surface area (Å²) in [4.78, 5) is 13.2. The van der Waals surface area contributed by atoms with Crippen molar-refractivity contribution in [3.05, 3.63) is 22.3 Å². The van der Waals surface area contributed by atoms with Crippen LogP contribution in [0.1, 0.15) is 67.2 Å². The number of hydrogen-bond acceptors (Lipinski definition) is 3. The molecule has 2 fully saturated rings. The van der Waals surface area contributed by atoms with Gasteiger partial charge in [-0.15, -0.1) is 0 Å². The van der Waals surface area contributed by atoms with Gasteiger partial charge in [0.05, 0.1) is 13.2 Å². The second-order valence-electron chi connectivity index (χ2n) is 8.10. The molecule has 0 aromatic rings. The van der Waals surface area contributed by atoms with E-state index >= 15 is 0 Å². The van der Waals surface area contributed by atoms with Crippen LogP contribution >= 0.6 is 0 Å². The van der Waals surface area contributed by atoms with Gasteiger partial charge in [0, 0.05) is 0 Å². The molecule has 2 aliphatic rings. The van der Waals surface area contributed by atoms with Gasteiger partial charge in [0.2, 0.25) is 0 Å². The molecule has 3 heteroatoms. The highest BCUT2D eigenvalue weighted by Gasteiger charge is 2.37. The summed E-state index contributed by atoms with van der Waals surface area (Å²) in [7, 11) is 0. The molecule has 3 nitrogen and oxygen atoms in total. The predicted octanol–water partition coefficient (Wildman–Crippen LogP) is 4.86. The van der Waals surface area contributed by atoms with E-state index in [0.29, 0.717) is 13.2 Å². The molecule has 2 aliphatic heterocycles. The topological polar surface area (TPSA) is 35.5 Å². The van der Waals surface area contributed by atoms with Crippen LogP contribution in [0.3, 0.4) is 0 Å². The minimum absolute atomic E-state index is 0.153. The van der Waals surface area contributed by atoms with Gasteiger partial charge in [-0.3, -0.25) is 4.79 Å². The minimum atomic E-state index is -0.331. The quantitative estimate of drug-likeness (QED) is 0.677. The molecule has 24 heavy (non-hydrogen) atoms. The van der Waals surface area contributed by atoms with Crippen molar-refractivity contribution < 1.29 is 14.3 Å². The lowest BCUT2D eigenvalue weighted by Crippen LogP contribution is -2.42. The van der Waals surface area contributed by atoms with Crippen molar-refractivity contribution in [2.75, 3.05) is 13.2 Å². The normalized spacial score (nSPS) is 32.1. The zero-order valence-electron chi connectivity index (χ0n) is 16.3. The van der Waals surface area contributed by atoms with E-state index < -0.39 is 0 Å². The molecule has 2 saturated heterocycles. The third-order valence-electron chi connectivity index (χ3n) is 5.69. The molecule has 0 aromatic carbocycles. The molecule has 136 valence electrons. The van der Waals surface area contributed by atoms with Crippen LogP contribution in [0.25, 0.3) is 0 Å². The maximum Gasteiger partial charge on any atom is 0.190 e. The molecule has 2 heterocycles. The average molecular weight is 335 g/mol. The molecule has 2 rings (SSSR count). The Morgan fingerprint density at radius 1 is 0.792 bits per heavy atom. The van der Waals surface area contributed by atoms with E-state index in [1.54, 1.807) is 0 Å². The Hall–Kier alpha value is -0.930. The zero-order valence-corrected chi connectivity index (χ0v) is 16.3. The fourth-order valence-electron chi connectivity index (χ4n) is 3.64. The first-order valence-corrected chi connectivity index (χ1v) is 9.38. The molecule has 0 bridgehead atoms. The number of carbonyl (C=O) groups excluding carboxylic acids is 1. The van der Waals surface area contributed by atoms with Crippen LogP contribution in [0.5, 0.6) is 0 Å². The van der Waals surface area contributed by atoms with Gasteiger partial charge < -0.3 is 9.47 Å². The van der Waals surface area contributed by atoms with Gasteiger partial charge in [-0.05, 0) is 76.4 Å². The van der Waals surface area contributed by atoms with Crippen LogP contribution in [0.2, 0.25) is 0 Å². The van der Waals surface area contributed by atoms with Gasteiger partial charge in [-0.2, -0.15) is 0 Å². The Bertz CT molecular complexity index is 475. The van der Waals surface area contributed by atoms with Gasteiger partial charge in [-0.1, -0.05) is 25.0 Å². The zero-order chi connectivity index (χ0) is 17.9. The van der Waals surface area contributed by atoms with Crippen molar-refractivity contribution in [2.24, 2.45) is 11.8 Å². The summed E-state index contributed by atoms with van der Waals surface area (Å²) in [5.41, 5.74) is 5.34. The second kappa shape index (κ2) is 8.44. The smallest absolute Gasteiger partial charge is 0.190 e. The van der Waals surface area contributed by atoms with E-state index in [1.165, 1.54) is 22.3 Å². The third-order valence-corrected chi connectivity index (χ3v) is 5.69. The minimum Gasteiger partial charge on any atom is -0.366 e. The third kappa shape index (κ3) is 4.58. The number of ketones is 1. The Labute approximate surface area is 147 Å². The molecule has 0 N–H and O–H groups in total. The number of allylic oxidation sites excluding steroid dienone is 2. The first-order chi connectivity index (χ1) is 11.3. The summed E-state index contributed by atoms with van der Waals surface area (Å²) in [6.45, 7) is 14.0. The van der Waals surface area contributed by atoms with Gasteiger partial charge in [0.25, 0.3) is 0 Å². The summed E-state index contributed by atoms with van der Waals surface area (Å²) < 4.78 is 12.1. The summed E-state index contributed by atoms with van der Waals surface area (Å²) >= 11 is 0. The molecule has 0 saturated carbocycles. The highest BCUT2D eigenvalue weighted by atomic mass is 16.5. The second-order valence-corrected chi connectivity index (χ2v) is 8.10. The molecule has 0 amide bonds. The van der Waals surface area contributed by atoms with Gasteiger partial charge in [-0.25, -0.2) is 0 Å². The number of carbonyl (C=O) groups is 1. The molecular formula is C21H34O3. The maximum absolute atomic E-state index is 13.2. The van der Waals surface area contributed by atoms with E-state index in [1.807, 2.05) is 0 Å². The van der Waals surface area contributed by atoms with Crippen molar-refractivity contribution in [1.29, 1.82) is 0 Å². The van der Waals surface area contributed by atoms with E-state index in [2.05, 4.69) is 41.5 Å². The van der Waals surface area contributed by atoms with Crippen molar-refractivity contribution >= 4 is 5.78 Å². The predicted molar refractivity (Wildman–Crippen MR) is 98.0 cm³/mol. The van der Waals surface area contributed by atoms with Gasteiger partial charge >= 0.3 is 0 Å². The summed E-state index contributed by atoms with van der Waals surface area (Å²) in [6.07, 6.45) is 3.44. The monoisotopic (exact) mass is 334 g/mol. The summed E-state index contributed by atoms with van der Waals surface area (Å²) in [6, 6.07) is 0.